The molecule has 4 N–H and O–H groups in total. The Balaban J connectivity index is 0.000000327. The highest BCUT2D eigenvalue weighted by molar-refractivity contribution is 5.74. The van der Waals surface area contributed by atoms with E-state index in [1.54, 1.807) is 0 Å². The standard InChI is InChI=1S/C6H11N2.C5H9NO4/c1-3-8-5-4-7(2)6-8;6-3(5(9)10)1-2-4(7)8/h4-6H,3H2,1-2H3;3H,1-2,6H2,(H,7,8)(H,9,10)/q+1;/t;3-/m.0/s1. The van der Waals surface area contributed by atoms with Gasteiger partial charge in [0.2, 0.25) is 6.33 Å². The summed E-state index contributed by atoms with van der Waals surface area (Å²) in [4.78, 5) is 19.9. The average molecular weight is 258 g/mol. The van der Waals surface area contributed by atoms with Crippen LogP contribution < -0.4 is 10.3 Å². The molecule has 0 unspecified atom stereocenters. The lowest BCUT2D eigenvalue weighted by Gasteiger charge is -2.01. The largest absolute Gasteiger partial charge is 0.481 e. The molecule has 102 valence electrons. The van der Waals surface area contributed by atoms with E-state index in [1.165, 1.54) is 0 Å². The number of aromatic nitrogens is 2. The van der Waals surface area contributed by atoms with Crippen LogP contribution in [-0.2, 0) is 23.2 Å². The van der Waals surface area contributed by atoms with E-state index in [9.17, 15) is 9.59 Å². The summed E-state index contributed by atoms with van der Waals surface area (Å²) in [6.45, 7) is 3.18. The van der Waals surface area contributed by atoms with Crippen LogP contribution >= 0.6 is 0 Å². The van der Waals surface area contributed by atoms with Crippen LogP contribution in [0.5, 0.6) is 0 Å². The number of nitrogens with two attached hydrogens (primary N) is 1. The molecule has 0 bridgehead atoms. The van der Waals surface area contributed by atoms with Crippen LogP contribution in [0, 0.1) is 0 Å². The van der Waals surface area contributed by atoms with E-state index in [0.717, 1.165) is 6.54 Å². The molecule has 1 rings (SSSR count). The highest BCUT2D eigenvalue weighted by Crippen LogP contribution is 1.93. The second-order valence-corrected chi connectivity index (χ2v) is 3.79. The van der Waals surface area contributed by atoms with Gasteiger partial charge in [-0.05, 0) is 13.3 Å². The van der Waals surface area contributed by atoms with Crippen LogP contribution in [0.25, 0.3) is 0 Å². The monoisotopic (exact) mass is 258 g/mol. The van der Waals surface area contributed by atoms with Gasteiger partial charge >= 0.3 is 11.9 Å². The molecular formula is C11H20N3O4+. The van der Waals surface area contributed by atoms with E-state index >= 15 is 0 Å². The average Bonchev–Trinajstić information content (AvgIpc) is 2.72. The van der Waals surface area contributed by atoms with Crippen LogP contribution in [0.4, 0.5) is 0 Å². The minimum atomic E-state index is -1.17. The molecule has 1 aromatic rings. The first-order chi connectivity index (χ1) is 8.36. The number of carboxylic acids is 2. The molecule has 1 atom stereocenters. The van der Waals surface area contributed by atoms with Crippen molar-refractivity contribution in [3.05, 3.63) is 18.7 Å². The van der Waals surface area contributed by atoms with Crippen molar-refractivity contribution in [1.82, 2.24) is 4.57 Å². The van der Waals surface area contributed by atoms with Crippen molar-refractivity contribution in [2.75, 3.05) is 0 Å². The van der Waals surface area contributed by atoms with Gasteiger partial charge in [0.15, 0.2) is 0 Å². The van der Waals surface area contributed by atoms with Crippen molar-refractivity contribution in [2.45, 2.75) is 32.4 Å². The molecule has 0 aliphatic heterocycles. The van der Waals surface area contributed by atoms with Crippen molar-refractivity contribution < 1.29 is 24.4 Å². The van der Waals surface area contributed by atoms with E-state index in [0.29, 0.717) is 0 Å². The van der Waals surface area contributed by atoms with Crippen LogP contribution in [0.1, 0.15) is 19.8 Å². The first kappa shape index (κ1) is 16.1. The number of carbonyl (C=O) groups is 2. The molecule has 0 saturated heterocycles. The van der Waals surface area contributed by atoms with E-state index < -0.39 is 18.0 Å². The molecule has 0 fully saturated rings. The van der Waals surface area contributed by atoms with Crippen molar-refractivity contribution in [2.24, 2.45) is 12.8 Å². The summed E-state index contributed by atoms with van der Waals surface area (Å²) in [5, 5.41) is 16.3. The molecule has 0 spiro atoms. The Hall–Kier alpha value is -1.89. The van der Waals surface area contributed by atoms with Crippen LogP contribution in [-0.4, -0.2) is 32.8 Å². The van der Waals surface area contributed by atoms with Crippen molar-refractivity contribution in [3.8, 4) is 0 Å². The fourth-order valence-corrected chi connectivity index (χ4v) is 1.09. The normalized spacial score (nSPS) is 11.3. The van der Waals surface area contributed by atoms with Gasteiger partial charge in [0, 0.05) is 6.42 Å². The Kier molecular flexibility index (Phi) is 7.37. The van der Waals surface area contributed by atoms with E-state index in [1.807, 2.05) is 17.8 Å². The van der Waals surface area contributed by atoms with Crippen molar-refractivity contribution >= 4 is 11.9 Å². The number of aryl methyl sites for hydroxylation is 2. The summed E-state index contributed by atoms with van der Waals surface area (Å²) in [5.41, 5.74) is 5.00. The molecule has 0 aromatic carbocycles. The summed E-state index contributed by atoms with van der Waals surface area (Å²) >= 11 is 0. The number of hydrogen-bond donors (Lipinski definition) is 3. The Labute approximate surface area is 105 Å². The van der Waals surface area contributed by atoms with Gasteiger partial charge in [0.25, 0.3) is 0 Å². The van der Waals surface area contributed by atoms with E-state index in [2.05, 4.69) is 24.0 Å². The molecule has 1 heterocycles. The number of rotatable bonds is 5. The Morgan fingerprint density at radius 1 is 1.44 bits per heavy atom. The van der Waals surface area contributed by atoms with Crippen LogP contribution in [0.2, 0.25) is 0 Å². The number of hydrogen-bond acceptors (Lipinski definition) is 3. The van der Waals surface area contributed by atoms with Gasteiger partial charge in [0.05, 0.1) is 13.6 Å². The molecule has 1 aromatic heterocycles. The Morgan fingerprint density at radius 3 is 2.33 bits per heavy atom. The maximum Gasteiger partial charge on any atom is 0.320 e. The fourth-order valence-electron chi connectivity index (χ4n) is 1.09. The highest BCUT2D eigenvalue weighted by Gasteiger charge is 2.12. The maximum atomic E-state index is 9.99. The lowest BCUT2D eigenvalue weighted by Crippen LogP contribution is -2.30. The summed E-state index contributed by atoms with van der Waals surface area (Å²) < 4.78 is 4.16. The quantitative estimate of drug-likeness (QED) is 0.622. The second kappa shape index (κ2) is 8.24. The first-order valence-corrected chi connectivity index (χ1v) is 5.58. The number of aliphatic carboxylic acids is 2. The SMILES string of the molecule is CCn1cc[n+](C)c1.N[C@@H](CCC(=O)O)C(=O)O. The lowest BCUT2D eigenvalue weighted by molar-refractivity contribution is -0.671. The van der Waals surface area contributed by atoms with E-state index in [-0.39, 0.29) is 12.8 Å². The molecule has 7 nitrogen and oxygen atoms in total. The van der Waals surface area contributed by atoms with Crippen molar-refractivity contribution in [1.29, 1.82) is 0 Å². The molecule has 0 radical (unpaired) electrons. The third-order valence-electron chi connectivity index (χ3n) is 2.18. The van der Waals surface area contributed by atoms with Gasteiger partial charge in [-0.15, -0.1) is 0 Å². The Bertz CT molecular complexity index is 389. The highest BCUT2D eigenvalue weighted by atomic mass is 16.4. The second-order valence-electron chi connectivity index (χ2n) is 3.79. The van der Waals surface area contributed by atoms with Gasteiger partial charge in [-0.25, -0.2) is 9.13 Å². The number of nitrogens with zero attached hydrogens (tertiary/aromatic N) is 2. The third kappa shape index (κ3) is 7.39. The number of carboxylic acid groups (broad SMARTS) is 2. The lowest BCUT2D eigenvalue weighted by atomic mass is 10.2. The minimum Gasteiger partial charge on any atom is -0.481 e. The molecule has 0 aliphatic carbocycles. The predicted octanol–water partition coefficient (Wildman–Crippen LogP) is -0.404. The Morgan fingerprint density at radius 2 is 2.06 bits per heavy atom. The van der Waals surface area contributed by atoms with E-state index in [4.69, 9.17) is 15.9 Å². The molecule has 0 aliphatic rings. The molecule has 7 heteroatoms. The van der Waals surface area contributed by atoms with Gasteiger partial charge in [0.1, 0.15) is 18.4 Å². The summed E-state index contributed by atoms with van der Waals surface area (Å²) in [6.07, 6.45) is 5.92. The number of imidazole rings is 1. The first-order valence-electron chi connectivity index (χ1n) is 5.58. The zero-order chi connectivity index (χ0) is 14.1. The fraction of sp³-hybridized carbons (Fsp3) is 0.545. The van der Waals surface area contributed by atoms with Crippen LogP contribution in [0.15, 0.2) is 18.7 Å². The maximum absolute atomic E-state index is 9.99. The molecule has 0 amide bonds. The smallest absolute Gasteiger partial charge is 0.320 e. The third-order valence-corrected chi connectivity index (χ3v) is 2.18. The van der Waals surface area contributed by atoms with Gasteiger partial charge in [-0.2, -0.15) is 0 Å². The zero-order valence-electron chi connectivity index (χ0n) is 10.6. The van der Waals surface area contributed by atoms with Crippen molar-refractivity contribution in [3.63, 3.8) is 0 Å². The van der Waals surface area contributed by atoms with Gasteiger partial charge in [-0.3, -0.25) is 9.59 Å². The minimum absolute atomic E-state index is 0.0231. The topological polar surface area (TPSA) is 109 Å². The van der Waals surface area contributed by atoms with Crippen LogP contribution in [0.3, 0.4) is 0 Å². The molecule has 18 heavy (non-hydrogen) atoms. The molecular weight excluding hydrogens is 238 g/mol. The summed E-state index contributed by atoms with van der Waals surface area (Å²) in [6, 6.07) is -1.06. The summed E-state index contributed by atoms with van der Waals surface area (Å²) in [5.74, 6) is -2.20. The zero-order valence-corrected chi connectivity index (χ0v) is 10.6. The van der Waals surface area contributed by atoms with Gasteiger partial charge < -0.3 is 15.9 Å². The predicted molar refractivity (Wildman–Crippen MR) is 63.8 cm³/mol. The van der Waals surface area contributed by atoms with Gasteiger partial charge in [-0.1, -0.05) is 0 Å². The summed E-state index contributed by atoms with van der Waals surface area (Å²) in [7, 11) is 2.02. The molecule has 0 saturated carbocycles.